The van der Waals surface area contributed by atoms with Crippen LogP contribution in [-0.4, -0.2) is 234 Å². The maximum absolute atomic E-state index is 14.6. The number of esters is 3. The maximum atomic E-state index is 14.6. The largest absolute Gasteiger partial charge is 0.480 e. The van der Waals surface area contributed by atoms with Crippen LogP contribution in [0.1, 0.15) is 70.6 Å². The Bertz CT molecular complexity index is 4020. The molecule has 9 atom stereocenters. The van der Waals surface area contributed by atoms with Gasteiger partial charge in [0.1, 0.15) is 92.2 Å². The highest BCUT2D eigenvalue weighted by Gasteiger charge is 2.43. The number of carbonyl (C=O) groups excluding carboxylic acids is 3. The molecule has 0 saturated carbocycles. The summed E-state index contributed by atoms with van der Waals surface area (Å²) in [5.41, 5.74) is 3.04. The summed E-state index contributed by atoms with van der Waals surface area (Å²) in [4.78, 5) is 104. The Morgan fingerprint density at radius 3 is 1.05 bits per heavy atom. The van der Waals surface area contributed by atoms with Gasteiger partial charge in [-0.2, -0.15) is 0 Å². The van der Waals surface area contributed by atoms with Gasteiger partial charge >= 0.3 is 35.8 Å². The first kappa shape index (κ1) is 81.9. The number of nitrogens with one attached hydrogen (secondary N) is 3. The number of likely N-dealkylation sites (tertiary alicyclic amines) is 3. The normalized spacial score (nSPS) is 22.3. The van der Waals surface area contributed by atoms with Crippen molar-refractivity contribution in [2.45, 2.75) is 75.7 Å². The molecule has 108 heavy (non-hydrogen) atoms. The lowest BCUT2D eigenvalue weighted by Crippen LogP contribution is -2.39. The second-order valence-electron chi connectivity index (χ2n) is 24.2. The third-order valence-corrected chi connectivity index (χ3v) is 20.5. The number of aliphatic carboxylic acids is 3. The van der Waals surface area contributed by atoms with E-state index in [0.29, 0.717) is 70.8 Å². The summed E-state index contributed by atoms with van der Waals surface area (Å²) in [6.07, 6.45) is -2.14. The molecule has 576 valence electrons. The van der Waals surface area contributed by atoms with Gasteiger partial charge < -0.3 is 59.7 Å². The van der Waals surface area contributed by atoms with E-state index in [2.05, 4.69) is 56.8 Å². The first-order valence-electron chi connectivity index (χ1n) is 33.2. The van der Waals surface area contributed by atoms with Crippen molar-refractivity contribution in [1.82, 2.24) is 45.6 Å². The van der Waals surface area contributed by atoms with Crippen LogP contribution in [0.2, 0.25) is 10.0 Å². The molecule has 39 heteroatoms. The Labute approximate surface area is 643 Å². The minimum atomic E-state index is -1.41. The zero-order valence-corrected chi connectivity index (χ0v) is 62.9. The van der Waals surface area contributed by atoms with Crippen LogP contribution in [0.15, 0.2) is 143 Å². The van der Waals surface area contributed by atoms with Crippen molar-refractivity contribution in [1.29, 1.82) is 0 Å². The fourth-order valence-electron chi connectivity index (χ4n) is 12.2. The summed E-state index contributed by atoms with van der Waals surface area (Å²) in [6, 6.07) is 9.02. The van der Waals surface area contributed by atoms with Crippen LogP contribution < -0.4 is 16.0 Å². The number of carboxylic acid groups (broad SMARTS) is 3. The van der Waals surface area contributed by atoms with Gasteiger partial charge in [-0.3, -0.25) is 29.7 Å². The van der Waals surface area contributed by atoms with Crippen molar-refractivity contribution in [3.05, 3.63) is 187 Å². The number of amidine groups is 3. The fourth-order valence-corrected chi connectivity index (χ4v) is 15.1. The molecule has 4 unspecified atom stereocenters. The molecule has 3 aromatic carbocycles. The number of carbonyl (C=O) groups is 6. The predicted molar refractivity (Wildman–Crippen MR) is 388 cm³/mol. The lowest BCUT2D eigenvalue weighted by Gasteiger charge is -2.29. The highest BCUT2D eigenvalue weighted by atomic mass is 79.9. The molecule has 6 aliphatic heterocycles. The summed E-state index contributed by atoms with van der Waals surface area (Å²) in [6.45, 7) is 4.07. The van der Waals surface area contributed by atoms with Crippen LogP contribution >= 0.6 is 73.1 Å². The molecule has 6 aromatic rings. The van der Waals surface area contributed by atoms with Crippen molar-refractivity contribution >= 4 is 126 Å². The van der Waals surface area contributed by atoms with E-state index in [1.165, 1.54) is 70.4 Å². The quantitative estimate of drug-likeness (QED) is 0.0159. The van der Waals surface area contributed by atoms with Crippen LogP contribution in [0.3, 0.4) is 0 Å². The third-order valence-electron chi connectivity index (χ3n) is 16.8. The Morgan fingerprint density at radius 1 is 0.481 bits per heavy atom. The molecule has 3 saturated heterocycles. The molecule has 6 N–H and O–H groups in total. The number of benzene rings is 3. The van der Waals surface area contributed by atoms with Crippen LogP contribution in [0.5, 0.6) is 0 Å². The van der Waals surface area contributed by atoms with Gasteiger partial charge in [-0.25, -0.2) is 70.1 Å². The minimum Gasteiger partial charge on any atom is -0.480 e. The lowest BCUT2D eigenvalue weighted by atomic mass is 9.95. The molecule has 12 rings (SSSR count). The van der Waals surface area contributed by atoms with Crippen molar-refractivity contribution < 1.29 is 98.9 Å². The molecule has 0 aliphatic carbocycles. The monoisotopic (exact) mass is 1660 g/mol. The van der Waals surface area contributed by atoms with Crippen LogP contribution in [0.25, 0.3) is 0 Å². The topological polar surface area (TPSA) is 340 Å². The van der Waals surface area contributed by atoms with E-state index in [4.69, 9.17) is 71.9 Å². The first-order chi connectivity index (χ1) is 51.8. The second kappa shape index (κ2) is 38.2. The van der Waals surface area contributed by atoms with Crippen LogP contribution in [0, 0.1) is 17.5 Å². The molecule has 0 bridgehead atoms. The van der Waals surface area contributed by atoms with Crippen molar-refractivity contribution in [3.8, 4) is 0 Å². The number of alkyl halides is 3. The molecule has 0 amide bonds. The van der Waals surface area contributed by atoms with Crippen molar-refractivity contribution in [2.24, 2.45) is 15.0 Å². The number of hydrogen-bond acceptors (Lipinski definition) is 27. The molecular weight excluding hydrogens is 1600 g/mol. The van der Waals surface area contributed by atoms with Gasteiger partial charge in [-0.05, 0) is 62.7 Å². The summed E-state index contributed by atoms with van der Waals surface area (Å²) < 4.78 is 117. The number of rotatable bonds is 27. The number of aromatic nitrogens is 3. The van der Waals surface area contributed by atoms with E-state index in [1.54, 1.807) is 76.3 Å². The van der Waals surface area contributed by atoms with E-state index in [1.807, 2.05) is 0 Å². The summed E-state index contributed by atoms with van der Waals surface area (Å²) in [7, 11) is 0. The Morgan fingerprint density at radius 2 is 0.778 bits per heavy atom. The summed E-state index contributed by atoms with van der Waals surface area (Å²) in [5, 5.41) is 43.2. The molecule has 9 heterocycles. The van der Waals surface area contributed by atoms with Gasteiger partial charge in [0.05, 0.1) is 36.5 Å². The Balaban J connectivity index is 0.000000173. The molecule has 0 spiro atoms. The van der Waals surface area contributed by atoms with E-state index in [-0.39, 0.29) is 105 Å². The average Bonchev–Trinajstić information content (AvgIpc) is 1.12. The number of aliphatic imine (C=N–C) groups is 3. The Hall–Kier alpha value is -8.60. The second-order valence-corrected chi connectivity index (χ2v) is 28.6. The van der Waals surface area contributed by atoms with Gasteiger partial charge in [-0.1, -0.05) is 57.3 Å². The minimum absolute atomic E-state index is 0.0137. The van der Waals surface area contributed by atoms with Gasteiger partial charge in [0.2, 0.25) is 0 Å². The smallest absolute Gasteiger partial charge is 0.338 e. The zero-order chi connectivity index (χ0) is 77.5. The van der Waals surface area contributed by atoms with E-state index in [0.717, 1.165) is 12.1 Å². The first-order valence-corrected chi connectivity index (χ1v) is 37.4. The average molecular weight is 1670 g/mol. The molecular formula is C69H69BrCl2F6N12O15S3. The highest BCUT2D eigenvalue weighted by Crippen LogP contribution is 2.41. The summed E-state index contributed by atoms with van der Waals surface area (Å²) >= 11 is 20.1. The number of thiazole rings is 3. The van der Waals surface area contributed by atoms with Crippen LogP contribution in [0.4, 0.5) is 26.3 Å². The molecule has 3 fully saturated rings. The molecule has 3 aromatic heterocycles. The molecule has 0 radical (unpaired) electrons. The zero-order valence-electron chi connectivity index (χ0n) is 57.4. The van der Waals surface area contributed by atoms with Crippen molar-refractivity contribution in [2.75, 3.05) is 98.5 Å². The maximum Gasteiger partial charge on any atom is 0.338 e. The SMILES string of the molecule is CCOC(=O)C1=C(CN2CC(F)C(OCC(=O)O)C2)NC(c2nccs2)=N[C@H]1c1ccc(F)cc1Br.CCOC(=O)C1=C(CN2CC(F)C(OCC(=O)O)C2)NC(c2nccs2)=N[C@H]1c1ccc(F)cc1Cl.CCOC(=O)C1=C(CN2C[C@@H](F)[C@H](OCC(=O)O)C2)NC(c2nccs2)=N[C@H]1c1ccc(F)cc1Cl. The lowest BCUT2D eigenvalue weighted by molar-refractivity contribution is -0.145. The molecule has 27 nitrogen and oxygen atoms in total. The van der Waals surface area contributed by atoms with Gasteiger partial charge in [0.25, 0.3) is 0 Å². The van der Waals surface area contributed by atoms with E-state index >= 15 is 0 Å². The van der Waals surface area contributed by atoms with Crippen molar-refractivity contribution in [3.63, 3.8) is 0 Å². The standard InChI is InChI=1S/C23H23BrF2N4O5S.2C23H23ClF2N4O5S/c3*1-2-34-23(33)19-16(9-30-8-15(26)17(10-30)35-11-18(31)32)28-21(22-27-5-6-36-22)29-20(19)13-4-3-12(25)7-14(13)24/h3*3-7,15,17,20H,2,8-11H2,1H3,(H,28,29)(H,31,32)/t2*15?,17?,20-;15-,17-,20+/m001/s1. The van der Waals surface area contributed by atoms with Gasteiger partial charge in [0, 0.05) is 136 Å². The number of hydrogen-bond donors (Lipinski definition) is 6. The number of ether oxygens (including phenoxy) is 6. The number of nitrogens with zero attached hydrogens (tertiary/aromatic N) is 9. The Kier molecular flexibility index (Phi) is 28.9. The highest BCUT2D eigenvalue weighted by molar-refractivity contribution is 9.10. The van der Waals surface area contributed by atoms with Crippen LogP contribution in [-0.2, 0) is 57.2 Å². The predicted octanol–water partition coefficient (Wildman–Crippen LogP) is 9.01. The molecule has 6 aliphatic rings. The van der Waals surface area contributed by atoms with E-state index in [9.17, 15) is 55.1 Å². The van der Waals surface area contributed by atoms with Gasteiger partial charge in [0.15, 0.2) is 32.5 Å². The number of carboxylic acids is 3. The summed E-state index contributed by atoms with van der Waals surface area (Å²) in [5.74, 6) is -5.87. The fraction of sp³-hybridized carbons (Fsp3) is 0.391. The number of halogens is 9. The van der Waals surface area contributed by atoms with E-state index < -0.39 is 128 Å². The van der Waals surface area contributed by atoms with Gasteiger partial charge in [-0.15, -0.1) is 34.0 Å². The third kappa shape index (κ3) is 21.0.